The van der Waals surface area contributed by atoms with Crippen molar-refractivity contribution in [1.29, 1.82) is 0 Å². The lowest BCUT2D eigenvalue weighted by molar-refractivity contribution is -0.142. The second kappa shape index (κ2) is 26.7. The Kier molecular flexibility index (Phi) is 22.7. The van der Waals surface area contributed by atoms with Gasteiger partial charge in [-0.3, -0.25) is 33.6 Å². The fraction of sp³-hybridized carbons (Fsp3) is 0.614. The summed E-state index contributed by atoms with van der Waals surface area (Å²) in [6, 6.07) is -4.99. The first-order chi connectivity index (χ1) is 30.9. The molecule has 1 aromatic carbocycles. The maximum absolute atomic E-state index is 14.0. The molecular weight excluding hydrogens is 861 g/mol. The molecule has 14 N–H and O–H groups in total. The highest BCUT2D eigenvalue weighted by atomic mass is 16.4. The van der Waals surface area contributed by atoms with E-state index in [1.165, 1.54) is 57.6 Å². The van der Waals surface area contributed by atoms with Crippen molar-refractivity contribution in [2.24, 2.45) is 23.5 Å². The van der Waals surface area contributed by atoms with Crippen molar-refractivity contribution in [3.8, 4) is 5.75 Å². The number of benzene rings is 1. The van der Waals surface area contributed by atoms with Gasteiger partial charge in [-0.15, -0.1) is 0 Å². The molecule has 0 bridgehead atoms. The zero-order chi connectivity index (χ0) is 50.0. The van der Waals surface area contributed by atoms with Gasteiger partial charge in [0.2, 0.25) is 41.4 Å². The minimum absolute atomic E-state index is 0.0229. The molecule has 0 fully saturated rings. The lowest BCUT2D eigenvalue weighted by atomic mass is 9.95. The van der Waals surface area contributed by atoms with E-state index in [1.807, 2.05) is 0 Å². The summed E-state index contributed by atoms with van der Waals surface area (Å²) in [6.07, 6.45) is 0.684. The number of nitrogens with zero attached hydrogens (tertiary/aromatic N) is 1. The second-order valence-corrected chi connectivity index (χ2v) is 17.3. The van der Waals surface area contributed by atoms with Gasteiger partial charge in [0.05, 0.1) is 18.5 Å². The molecule has 0 aliphatic rings. The Labute approximate surface area is 384 Å². The monoisotopic (exact) mass is 931 g/mol. The SMILES string of the molecule is CC[C@H](C)[C@H](NC(=O)[C@H](Cc1cnc[nH]1)NC(=O)[C@@H](N)[C@@H](C)O)C(=O)N[C@@H](CC(C)C)C(=O)N[C@H](C(=O)N[C@H](C(=O)N[C@@H](C)C(=O)N[C@@H](Cc1ccc(O)cc1)C(=O)O)[C@@H](C)CC)[C@@H](C)O. The van der Waals surface area contributed by atoms with Crippen LogP contribution in [0.3, 0.4) is 0 Å². The van der Waals surface area contributed by atoms with E-state index in [-0.39, 0.29) is 30.9 Å². The van der Waals surface area contributed by atoms with Crippen molar-refractivity contribution in [2.75, 3.05) is 0 Å². The normalized spacial score (nSPS) is 16.8. The molecule has 0 radical (unpaired) electrons. The third kappa shape index (κ3) is 17.7. The number of phenols is 1. The minimum atomic E-state index is -1.65. The molecule has 12 atom stereocenters. The summed E-state index contributed by atoms with van der Waals surface area (Å²) in [6.45, 7) is 14.3. The van der Waals surface area contributed by atoms with Gasteiger partial charge in [-0.05, 0) is 62.6 Å². The number of phenolic OH excluding ortho intramolecular Hbond substituents is 1. The largest absolute Gasteiger partial charge is 0.508 e. The van der Waals surface area contributed by atoms with Crippen LogP contribution in [0.4, 0.5) is 0 Å². The summed E-state index contributed by atoms with van der Waals surface area (Å²) < 4.78 is 0. The average molecular weight is 931 g/mol. The van der Waals surface area contributed by atoms with Gasteiger partial charge in [0.1, 0.15) is 54.1 Å². The highest BCUT2D eigenvalue weighted by molar-refractivity contribution is 5.98. The van der Waals surface area contributed by atoms with Crippen molar-refractivity contribution < 1.29 is 58.8 Å². The summed E-state index contributed by atoms with van der Waals surface area (Å²) in [5.41, 5.74) is 6.80. The number of aliphatic hydroxyl groups excluding tert-OH is 2. The van der Waals surface area contributed by atoms with E-state index in [2.05, 4.69) is 47.2 Å². The molecule has 0 unspecified atom stereocenters. The number of carbonyl (C=O) groups is 8. The van der Waals surface area contributed by atoms with Crippen LogP contribution < -0.4 is 43.0 Å². The number of aromatic amines is 1. The maximum Gasteiger partial charge on any atom is 0.326 e. The van der Waals surface area contributed by atoms with Gasteiger partial charge in [-0.1, -0.05) is 66.5 Å². The summed E-state index contributed by atoms with van der Waals surface area (Å²) in [5, 5.41) is 57.8. The topological polar surface area (TPSA) is 356 Å². The van der Waals surface area contributed by atoms with Crippen molar-refractivity contribution in [3.05, 3.63) is 48.0 Å². The number of imidazole rings is 1. The number of rotatable bonds is 27. The van der Waals surface area contributed by atoms with Crippen LogP contribution in [0.2, 0.25) is 0 Å². The Balaban J connectivity index is 2.27. The van der Waals surface area contributed by atoms with Gasteiger partial charge in [0.15, 0.2) is 0 Å². The summed E-state index contributed by atoms with van der Waals surface area (Å²) in [5.74, 6) is -8.40. The van der Waals surface area contributed by atoms with Crippen LogP contribution >= 0.6 is 0 Å². The Hall–Kier alpha value is -6.13. The van der Waals surface area contributed by atoms with Crippen molar-refractivity contribution in [2.45, 2.75) is 155 Å². The van der Waals surface area contributed by atoms with Gasteiger partial charge in [0.25, 0.3) is 0 Å². The summed E-state index contributed by atoms with van der Waals surface area (Å²) in [4.78, 5) is 114. The highest BCUT2D eigenvalue weighted by Gasteiger charge is 2.37. The molecule has 0 aliphatic heterocycles. The number of carbonyl (C=O) groups excluding carboxylic acids is 7. The Morgan fingerprint density at radius 2 is 1.09 bits per heavy atom. The molecule has 7 amide bonds. The lowest BCUT2D eigenvalue weighted by Gasteiger charge is -2.31. The van der Waals surface area contributed by atoms with Gasteiger partial charge >= 0.3 is 5.97 Å². The van der Waals surface area contributed by atoms with Crippen molar-refractivity contribution >= 4 is 47.3 Å². The number of nitrogens with one attached hydrogen (secondary N) is 8. The van der Waals surface area contributed by atoms with Crippen LogP contribution in [-0.2, 0) is 51.2 Å². The van der Waals surface area contributed by atoms with Gasteiger partial charge in [-0.2, -0.15) is 0 Å². The molecule has 2 rings (SSSR count). The number of hydrogen-bond acceptors (Lipinski definition) is 13. The van der Waals surface area contributed by atoms with E-state index < -0.39 is 120 Å². The zero-order valence-electron chi connectivity index (χ0n) is 39.1. The second-order valence-electron chi connectivity index (χ2n) is 17.3. The molecule has 1 heterocycles. The number of carboxylic acids is 1. The van der Waals surface area contributed by atoms with Gasteiger partial charge < -0.3 is 68.4 Å². The number of nitrogens with two attached hydrogens (primary N) is 1. The molecule has 0 saturated carbocycles. The van der Waals surface area contributed by atoms with E-state index in [4.69, 9.17) is 5.73 Å². The molecule has 0 aliphatic carbocycles. The lowest BCUT2D eigenvalue weighted by Crippen LogP contribution is -2.63. The van der Waals surface area contributed by atoms with Crippen LogP contribution in [0.5, 0.6) is 5.75 Å². The Morgan fingerprint density at radius 1 is 0.606 bits per heavy atom. The number of amides is 7. The highest BCUT2D eigenvalue weighted by Crippen LogP contribution is 2.15. The van der Waals surface area contributed by atoms with Gasteiger partial charge in [0, 0.05) is 24.7 Å². The van der Waals surface area contributed by atoms with Gasteiger partial charge in [-0.25, -0.2) is 9.78 Å². The standard InChI is InChI=1S/C44H70N10O12/c1-10-22(5)34(41(62)48-24(7)37(58)51-32(44(65)66)17-27-12-14-29(57)15-13-27)53-43(64)36(26(9)56)54-38(59)30(16-21(3)4)50-42(63)35(23(6)11-2)52-39(60)31(18-28-19-46-20-47-28)49-40(61)33(45)25(8)55/h12-15,19-26,30-36,55-57H,10-11,16-18,45H2,1-9H3,(H,46,47)(H,48,62)(H,49,61)(H,50,63)(H,51,58)(H,52,60)(H,53,64)(H,54,59)(H,65,66)/t22-,23-,24-,25+,26+,30-,31-,32-,33-,34-,35-,36-/m0/s1. The molecule has 0 saturated heterocycles. The van der Waals surface area contributed by atoms with Crippen LogP contribution in [0.25, 0.3) is 0 Å². The number of H-pyrrole nitrogens is 1. The van der Waals surface area contributed by atoms with Crippen LogP contribution in [0, 0.1) is 17.8 Å². The van der Waals surface area contributed by atoms with E-state index in [9.17, 15) is 58.8 Å². The van der Waals surface area contributed by atoms with Crippen LogP contribution in [0.1, 0.15) is 92.8 Å². The number of hydrogen-bond donors (Lipinski definition) is 13. The molecule has 66 heavy (non-hydrogen) atoms. The third-order valence-corrected chi connectivity index (χ3v) is 11.2. The first-order valence-corrected chi connectivity index (χ1v) is 22.1. The maximum atomic E-state index is 14.0. The summed E-state index contributed by atoms with van der Waals surface area (Å²) >= 11 is 0. The summed E-state index contributed by atoms with van der Waals surface area (Å²) in [7, 11) is 0. The Bertz CT molecular complexity index is 1930. The van der Waals surface area contributed by atoms with E-state index in [0.717, 1.165) is 0 Å². The molecule has 22 nitrogen and oxygen atoms in total. The number of carboxylic acid groups (broad SMARTS) is 1. The number of aromatic nitrogens is 2. The number of aromatic hydroxyl groups is 1. The predicted molar refractivity (Wildman–Crippen MR) is 241 cm³/mol. The van der Waals surface area contributed by atoms with E-state index >= 15 is 0 Å². The smallest absolute Gasteiger partial charge is 0.326 e. The molecule has 2 aromatic rings. The van der Waals surface area contributed by atoms with E-state index in [1.54, 1.807) is 41.5 Å². The molecule has 1 aromatic heterocycles. The average Bonchev–Trinajstić information content (AvgIpc) is 3.78. The molecular formula is C44H70N10O12. The van der Waals surface area contributed by atoms with E-state index in [0.29, 0.717) is 24.1 Å². The fourth-order valence-electron chi connectivity index (χ4n) is 6.57. The first kappa shape index (κ1) is 56.0. The molecule has 368 valence electrons. The first-order valence-electron chi connectivity index (χ1n) is 22.1. The van der Waals surface area contributed by atoms with Crippen LogP contribution in [0.15, 0.2) is 36.8 Å². The quantitative estimate of drug-likeness (QED) is 0.0492. The minimum Gasteiger partial charge on any atom is -0.508 e. The van der Waals surface area contributed by atoms with Crippen molar-refractivity contribution in [3.63, 3.8) is 0 Å². The Morgan fingerprint density at radius 3 is 1.58 bits per heavy atom. The number of aliphatic hydroxyl groups is 2. The van der Waals surface area contributed by atoms with Crippen molar-refractivity contribution in [1.82, 2.24) is 47.2 Å². The number of aliphatic carboxylic acids is 1. The predicted octanol–water partition coefficient (Wildman–Crippen LogP) is -1.37. The molecule has 0 spiro atoms. The zero-order valence-corrected chi connectivity index (χ0v) is 39.1. The fourth-order valence-corrected chi connectivity index (χ4v) is 6.57. The third-order valence-electron chi connectivity index (χ3n) is 11.2. The molecule has 22 heteroatoms. The van der Waals surface area contributed by atoms with Crippen LogP contribution in [-0.4, -0.2) is 138 Å².